The van der Waals surface area contributed by atoms with Gasteiger partial charge in [-0.2, -0.15) is 0 Å². The summed E-state index contributed by atoms with van der Waals surface area (Å²) in [5.41, 5.74) is -0.758. The predicted octanol–water partition coefficient (Wildman–Crippen LogP) is 3.22. The van der Waals surface area contributed by atoms with E-state index in [1.807, 2.05) is 0 Å². The molecule has 0 saturated carbocycles. The fourth-order valence-corrected chi connectivity index (χ4v) is 1.19. The van der Waals surface area contributed by atoms with Crippen molar-refractivity contribution in [2.24, 2.45) is 5.41 Å². The second kappa shape index (κ2) is 5.21. The van der Waals surface area contributed by atoms with E-state index in [2.05, 4.69) is 0 Å². The van der Waals surface area contributed by atoms with Gasteiger partial charge in [0.25, 0.3) is 0 Å². The number of hydrogen-bond donors (Lipinski definition) is 1. The van der Waals surface area contributed by atoms with Crippen LogP contribution in [0.3, 0.4) is 0 Å². The molecule has 3 nitrogen and oxygen atoms in total. The fraction of sp³-hybridized carbons (Fsp3) is 0.417. The monoisotopic (exact) mass is 242 g/mol. The smallest absolute Gasteiger partial charge is 0.309 e. The van der Waals surface area contributed by atoms with Crippen molar-refractivity contribution in [1.29, 1.82) is 0 Å². The Bertz CT molecular complexity index is 357. The maximum Gasteiger partial charge on any atom is 0.309 e. The van der Waals surface area contributed by atoms with Crippen LogP contribution in [0.4, 0.5) is 0 Å². The van der Waals surface area contributed by atoms with Gasteiger partial charge in [-0.1, -0.05) is 11.6 Å². The van der Waals surface area contributed by atoms with Crippen LogP contribution < -0.4 is 4.74 Å². The topological polar surface area (TPSA) is 46.5 Å². The molecule has 0 aromatic heterocycles. The zero-order valence-corrected chi connectivity index (χ0v) is 10.1. The van der Waals surface area contributed by atoms with Crippen LogP contribution in [0.15, 0.2) is 24.3 Å². The van der Waals surface area contributed by atoms with Gasteiger partial charge in [-0.15, -0.1) is 0 Å². The Morgan fingerprint density at radius 3 is 2.44 bits per heavy atom. The average Bonchev–Trinajstić information content (AvgIpc) is 2.20. The quantitative estimate of drug-likeness (QED) is 0.862. The van der Waals surface area contributed by atoms with Crippen LogP contribution in [0.5, 0.6) is 5.75 Å². The number of ether oxygens (including phenoxy) is 1. The number of halogens is 1. The van der Waals surface area contributed by atoms with E-state index in [-0.39, 0.29) is 0 Å². The molecule has 1 N–H and O–H groups in total. The van der Waals surface area contributed by atoms with Gasteiger partial charge in [-0.3, -0.25) is 4.79 Å². The van der Waals surface area contributed by atoms with Crippen LogP contribution in [-0.2, 0) is 4.79 Å². The number of benzene rings is 1. The van der Waals surface area contributed by atoms with E-state index in [9.17, 15) is 4.79 Å². The number of rotatable bonds is 5. The standard InChI is InChI=1S/C12H15ClO3/c1-12(2,11(14)15)7-8-16-10-5-3-9(13)4-6-10/h3-6H,7-8H2,1-2H3,(H,14,15). The number of hydrogen-bond acceptors (Lipinski definition) is 2. The zero-order valence-electron chi connectivity index (χ0n) is 9.37. The van der Waals surface area contributed by atoms with Crippen molar-refractivity contribution in [3.63, 3.8) is 0 Å². The van der Waals surface area contributed by atoms with Crippen molar-refractivity contribution in [2.75, 3.05) is 6.61 Å². The van der Waals surface area contributed by atoms with Gasteiger partial charge in [-0.25, -0.2) is 0 Å². The van der Waals surface area contributed by atoms with Crippen LogP contribution in [0.25, 0.3) is 0 Å². The third kappa shape index (κ3) is 3.74. The summed E-state index contributed by atoms with van der Waals surface area (Å²) in [6.07, 6.45) is 0.463. The largest absolute Gasteiger partial charge is 0.494 e. The van der Waals surface area contributed by atoms with E-state index in [1.54, 1.807) is 38.1 Å². The summed E-state index contributed by atoms with van der Waals surface area (Å²) in [6.45, 7) is 3.74. The highest BCUT2D eigenvalue weighted by Gasteiger charge is 2.26. The van der Waals surface area contributed by atoms with Gasteiger partial charge in [0.2, 0.25) is 0 Å². The number of aliphatic carboxylic acids is 1. The Morgan fingerprint density at radius 2 is 1.94 bits per heavy atom. The predicted molar refractivity (Wildman–Crippen MR) is 63.0 cm³/mol. The summed E-state index contributed by atoms with van der Waals surface area (Å²) in [6, 6.07) is 6.99. The van der Waals surface area contributed by atoms with Crippen LogP contribution >= 0.6 is 11.6 Å². The number of carboxylic acids is 1. The molecule has 1 rings (SSSR count). The third-order valence-electron chi connectivity index (χ3n) is 2.39. The molecule has 0 spiro atoms. The minimum Gasteiger partial charge on any atom is -0.494 e. The summed E-state index contributed by atoms with van der Waals surface area (Å²) < 4.78 is 5.43. The van der Waals surface area contributed by atoms with Gasteiger partial charge >= 0.3 is 5.97 Å². The van der Waals surface area contributed by atoms with E-state index in [1.165, 1.54) is 0 Å². The van der Waals surface area contributed by atoms with Gasteiger partial charge in [0.1, 0.15) is 5.75 Å². The SMILES string of the molecule is CC(C)(CCOc1ccc(Cl)cc1)C(=O)O. The highest BCUT2D eigenvalue weighted by atomic mass is 35.5. The molecule has 0 aliphatic carbocycles. The molecule has 0 aliphatic heterocycles. The van der Waals surface area contributed by atoms with Gasteiger partial charge in [0.15, 0.2) is 0 Å². The lowest BCUT2D eigenvalue weighted by Crippen LogP contribution is -2.25. The highest BCUT2D eigenvalue weighted by molar-refractivity contribution is 6.30. The summed E-state index contributed by atoms with van der Waals surface area (Å²) in [4.78, 5) is 10.8. The Labute approximate surface area is 100.0 Å². The molecule has 0 unspecified atom stereocenters. The molecule has 0 amide bonds. The van der Waals surface area contributed by atoms with Crippen LogP contribution in [0.1, 0.15) is 20.3 Å². The molecule has 1 aromatic rings. The Morgan fingerprint density at radius 1 is 1.38 bits per heavy atom. The van der Waals surface area contributed by atoms with Gasteiger partial charge in [-0.05, 0) is 44.5 Å². The van der Waals surface area contributed by atoms with Crippen molar-refractivity contribution in [1.82, 2.24) is 0 Å². The fourth-order valence-electron chi connectivity index (χ4n) is 1.06. The van der Waals surface area contributed by atoms with E-state index in [0.717, 1.165) is 0 Å². The first-order chi connectivity index (χ1) is 7.42. The second-order valence-corrected chi connectivity index (χ2v) is 4.68. The first-order valence-corrected chi connectivity index (χ1v) is 5.41. The minimum atomic E-state index is -0.813. The lowest BCUT2D eigenvalue weighted by molar-refractivity contribution is -0.147. The highest BCUT2D eigenvalue weighted by Crippen LogP contribution is 2.21. The molecule has 0 bridgehead atoms. The molecule has 88 valence electrons. The van der Waals surface area contributed by atoms with Crippen LogP contribution in [0.2, 0.25) is 5.02 Å². The van der Waals surface area contributed by atoms with Gasteiger partial charge in [0, 0.05) is 5.02 Å². The normalized spacial score (nSPS) is 11.2. The van der Waals surface area contributed by atoms with Crippen molar-refractivity contribution in [2.45, 2.75) is 20.3 Å². The number of carboxylic acid groups (broad SMARTS) is 1. The molecule has 0 fully saturated rings. The van der Waals surface area contributed by atoms with Crippen molar-refractivity contribution >= 4 is 17.6 Å². The number of carbonyl (C=O) groups is 1. The molecule has 4 heteroatoms. The van der Waals surface area contributed by atoms with E-state index < -0.39 is 11.4 Å². The van der Waals surface area contributed by atoms with Crippen molar-refractivity contribution in [3.8, 4) is 5.75 Å². The van der Waals surface area contributed by atoms with Crippen molar-refractivity contribution < 1.29 is 14.6 Å². The lowest BCUT2D eigenvalue weighted by atomic mass is 9.90. The van der Waals surface area contributed by atoms with E-state index in [4.69, 9.17) is 21.4 Å². The molecule has 1 aromatic carbocycles. The van der Waals surface area contributed by atoms with Crippen LogP contribution in [-0.4, -0.2) is 17.7 Å². The Kier molecular flexibility index (Phi) is 4.19. The van der Waals surface area contributed by atoms with Crippen LogP contribution in [0, 0.1) is 5.41 Å². The molecule has 0 radical (unpaired) electrons. The lowest BCUT2D eigenvalue weighted by Gasteiger charge is -2.18. The molecule has 0 saturated heterocycles. The molecular formula is C12H15ClO3. The molecule has 0 aliphatic rings. The minimum absolute atomic E-state index is 0.376. The van der Waals surface area contributed by atoms with Gasteiger partial charge in [0.05, 0.1) is 12.0 Å². The average molecular weight is 243 g/mol. The maximum absolute atomic E-state index is 10.8. The summed E-state index contributed by atoms with van der Waals surface area (Å²) in [5, 5.41) is 9.55. The Hall–Kier alpha value is -1.22. The molecule has 0 heterocycles. The third-order valence-corrected chi connectivity index (χ3v) is 2.64. The molecular weight excluding hydrogens is 228 g/mol. The van der Waals surface area contributed by atoms with Crippen molar-refractivity contribution in [3.05, 3.63) is 29.3 Å². The summed E-state index contributed by atoms with van der Waals surface area (Å²) in [7, 11) is 0. The maximum atomic E-state index is 10.8. The van der Waals surface area contributed by atoms with E-state index >= 15 is 0 Å². The first-order valence-electron chi connectivity index (χ1n) is 5.03. The van der Waals surface area contributed by atoms with Gasteiger partial charge < -0.3 is 9.84 Å². The first kappa shape index (κ1) is 12.8. The van der Waals surface area contributed by atoms with E-state index in [0.29, 0.717) is 23.8 Å². The summed E-state index contributed by atoms with van der Waals surface area (Å²) >= 11 is 5.73. The zero-order chi connectivity index (χ0) is 12.2. The molecule has 0 atom stereocenters. The second-order valence-electron chi connectivity index (χ2n) is 4.24. The Balaban J connectivity index is 2.41. The molecule has 16 heavy (non-hydrogen) atoms. The summed E-state index contributed by atoms with van der Waals surface area (Å²) in [5.74, 6) is -0.113.